The van der Waals surface area contributed by atoms with Gasteiger partial charge in [-0.05, 0) is 37.1 Å². The first-order chi connectivity index (χ1) is 7.29. The molecular formula is C12H19ClN2O. The molecule has 2 rings (SSSR count). The molecule has 4 heteroatoms. The first kappa shape index (κ1) is 13.1. The fourth-order valence-electron chi connectivity index (χ4n) is 1.95. The normalized spacial score (nSPS) is 16.8. The van der Waals surface area contributed by atoms with Crippen molar-refractivity contribution < 1.29 is 4.74 Å². The third-order valence-corrected chi connectivity index (χ3v) is 2.98. The Morgan fingerprint density at radius 1 is 1.19 bits per heavy atom. The van der Waals surface area contributed by atoms with E-state index in [2.05, 4.69) is 17.0 Å². The molecule has 0 unspecified atom stereocenters. The number of nitrogens with two attached hydrogens (primary N) is 1. The predicted octanol–water partition coefficient (Wildman–Crippen LogP) is 2.04. The van der Waals surface area contributed by atoms with Crippen molar-refractivity contribution in [3.63, 3.8) is 0 Å². The van der Waals surface area contributed by atoms with Crippen LogP contribution < -0.4 is 15.4 Å². The quantitative estimate of drug-likeness (QED) is 0.863. The number of halogens is 1. The molecule has 0 aromatic heterocycles. The maximum Gasteiger partial charge on any atom is 0.119 e. The predicted molar refractivity (Wildman–Crippen MR) is 69.7 cm³/mol. The van der Waals surface area contributed by atoms with Gasteiger partial charge < -0.3 is 15.4 Å². The minimum absolute atomic E-state index is 0. The molecule has 16 heavy (non-hydrogen) atoms. The van der Waals surface area contributed by atoms with Gasteiger partial charge in [-0.3, -0.25) is 0 Å². The molecule has 0 bridgehead atoms. The minimum Gasteiger partial charge on any atom is -0.497 e. The molecule has 0 atom stereocenters. The molecule has 1 aromatic carbocycles. The van der Waals surface area contributed by atoms with Crippen molar-refractivity contribution in [2.45, 2.75) is 18.9 Å². The van der Waals surface area contributed by atoms with E-state index in [1.54, 1.807) is 7.11 Å². The molecule has 2 N–H and O–H groups in total. The summed E-state index contributed by atoms with van der Waals surface area (Å²) in [5.41, 5.74) is 7.14. The van der Waals surface area contributed by atoms with Gasteiger partial charge in [0.1, 0.15) is 5.75 Å². The Hall–Kier alpha value is -0.930. The monoisotopic (exact) mass is 242 g/mol. The molecule has 1 fully saturated rings. The van der Waals surface area contributed by atoms with E-state index in [0.717, 1.165) is 31.7 Å². The zero-order chi connectivity index (χ0) is 10.7. The topological polar surface area (TPSA) is 38.5 Å². The van der Waals surface area contributed by atoms with Gasteiger partial charge in [0.05, 0.1) is 7.11 Å². The summed E-state index contributed by atoms with van der Waals surface area (Å²) in [6.45, 7) is 2.13. The van der Waals surface area contributed by atoms with Gasteiger partial charge in [-0.1, -0.05) is 0 Å². The Bertz CT molecular complexity index is 307. The van der Waals surface area contributed by atoms with Crippen LogP contribution in [-0.2, 0) is 0 Å². The number of hydrogen-bond acceptors (Lipinski definition) is 3. The van der Waals surface area contributed by atoms with Gasteiger partial charge in [0.25, 0.3) is 0 Å². The van der Waals surface area contributed by atoms with E-state index in [1.807, 2.05) is 12.1 Å². The second-order valence-corrected chi connectivity index (χ2v) is 4.02. The molecule has 0 radical (unpaired) electrons. The standard InChI is InChI=1S/C12H18N2O.ClH/c1-15-12-4-2-11(3-5-12)14-8-6-10(13)7-9-14;/h2-5,10H,6-9,13H2,1H3;1H. The van der Waals surface area contributed by atoms with Crippen molar-refractivity contribution in [1.29, 1.82) is 0 Å². The Labute approximate surface area is 103 Å². The van der Waals surface area contributed by atoms with Gasteiger partial charge in [-0.25, -0.2) is 0 Å². The van der Waals surface area contributed by atoms with Crippen LogP contribution >= 0.6 is 12.4 Å². The second-order valence-electron chi connectivity index (χ2n) is 4.02. The average molecular weight is 243 g/mol. The molecule has 1 aliphatic heterocycles. The van der Waals surface area contributed by atoms with E-state index in [4.69, 9.17) is 10.5 Å². The maximum absolute atomic E-state index is 5.87. The molecule has 1 aromatic rings. The molecule has 0 spiro atoms. The van der Waals surface area contributed by atoms with Crippen LogP contribution in [0.3, 0.4) is 0 Å². The Kier molecular flexibility index (Phi) is 4.90. The third kappa shape index (κ3) is 3.03. The molecule has 1 saturated heterocycles. The Morgan fingerprint density at radius 2 is 1.75 bits per heavy atom. The molecule has 1 aliphatic rings. The van der Waals surface area contributed by atoms with Gasteiger partial charge in [-0.15, -0.1) is 12.4 Å². The summed E-state index contributed by atoms with van der Waals surface area (Å²) >= 11 is 0. The summed E-state index contributed by atoms with van der Waals surface area (Å²) in [7, 11) is 1.69. The number of anilines is 1. The fraction of sp³-hybridized carbons (Fsp3) is 0.500. The first-order valence-corrected chi connectivity index (χ1v) is 5.44. The number of piperidine rings is 1. The van der Waals surface area contributed by atoms with Crippen molar-refractivity contribution in [1.82, 2.24) is 0 Å². The molecule has 1 heterocycles. The summed E-state index contributed by atoms with van der Waals surface area (Å²) in [5.74, 6) is 0.910. The van der Waals surface area contributed by atoms with Gasteiger partial charge in [0.2, 0.25) is 0 Å². The van der Waals surface area contributed by atoms with Crippen molar-refractivity contribution in [2.75, 3.05) is 25.1 Å². The van der Waals surface area contributed by atoms with Crippen LogP contribution in [-0.4, -0.2) is 26.2 Å². The highest BCUT2D eigenvalue weighted by molar-refractivity contribution is 5.85. The lowest BCUT2D eigenvalue weighted by atomic mass is 10.1. The maximum atomic E-state index is 5.87. The summed E-state index contributed by atoms with van der Waals surface area (Å²) in [6.07, 6.45) is 2.18. The number of rotatable bonds is 2. The molecule has 0 aliphatic carbocycles. The van der Waals surface area contributed by atoms with Gasteiger partial charge in [0.15, 0.2) is 0 Å². The van der Waals surface area contributed by atoms with Gasteiger partial charge in [-0.2, -0.15) is 0 Å². The van der Waals surface area contributed by atoms with Crippen molar-refractivity contribution >= 4 is 18.1 Å². The number of ether oxygens (including phenoxy) is 1. The summed E-state index contributed by atoms with van der Waals surface area (Å²) in [6, 6.07) is 8.61. The van der Waals surface area contributed by atoms with Crippen LogP contribution in [0, 0.1) is 0 Å². The lowest BCUT2D eigenvalue weighted by Gasteiger charge is -2.32. The molecule has 0 saturated carbocycles. The third-order valence-electron chi connectivity index (χ3n) is 2.98. The largest absolute Gasteiger partial charge is 0.497 e. The van der Waals surface area contributed by atoms with Crippen molar-refractivity contribution in [3.05, 3.63) is 24.3 Å². The Morgan fingerprint density at radius 3 is 2.25 bits per heavy atom. The number of methoxy groups -OCH3 is 1. The van der Waals surface area contributed by atoms with Crippen LogP contribution in [0.25, 0.3) is 0 Å². The molecule has 90 valence electrons. The van der Waals surface area contributed by atoms with Crippen LogP contribution in [0.4, 0.5) is 5.69 Å². The summed E-state index contributed by atoms with van der Waals surface area (Å²) < 4.78 is 5.14. The lowest BCUT2D eigenvalue weighted by molar-refractivity contribution is 0.414. The zero-order valence-electron chi connectivity index (χ0n) is 9.56. The smallest absolute Gasteiger partial charge is 0.119 e. The highest BCUT2D eigenvalue weighted by Crippen LogP contribution is 2.22. The number of benzene rings is 1. The fourth-order valence-corrected chi connectivity index (χ4v) is 1.95. The van der Waals surface area contributed by atoms with E-state index >= 15 is 0 Å². The minimum atomic E-state index is 0. The highest BCUT2D eigenvalue weighted by Gasteiger charge is 2.15. The van der Waals surface area contributed by atoms with E-state index in [0.29, 0.717) is 6.04 Å². The van der Waals surface area contributed by atoms with Gasteiger partial charge >= 0.3 is 0 Å². The van der Waals surface area contributed by atoms with E-state index in [1.165, 1.54) is 5.69 Å². The average Bonchev–Trinajstić information content (AvgIpc) is 2.30. The van der Waals surface area contributed by atoms with E-state index < -0.39 is 0 Å². The van der Waals surface area contributed by atoms with Crippen LogP contribution in [0.5, 0.6) is 5.75 Å². The van der Waals surface area contributed by atoms with Crippen molar-refractivity contribution in [2.24, 2.45) is 5.73 Å². The summed E-state index contributed by atoms with van der Waals surface area (Å²) in [5, 5.41) is 0. The zero-order valence-corrected chi connectivity index (χ0v) is 10.4. The Balaban J connectivity index is 0.00000128. The number of nitrogens with zero attached hydrogens (tertiary/aromatic N) is 1. The van der Waals surface area contributed by atoms with E-state index in [-0.39, 0.29) is 12.4 Å². The van der Waals surface area contributed by atoms with Gasteiger partial charge in [0, 0.05) is 24.8 Å². The highest BCUT2D eigenvalue weighted by atomic mass is 35.5. The SMILES string of the molecule is COc1ccc(N2CCC(N)CC2)cc1.Cl. The van der Waals surface area contributed by atoms with Crippen LogP contribution in [0.15, 0.2) is 24.3 Å². The first-order valence-electron chi connectivity index (χ1n) is 5.44. The van der Waals surface area contributed by atoms with Crippen LogP contribution in [0.1, 0.15) is 12.8 Å². The van der Waals surface area contributed by atoms with Crippen molar-refractivity contribution in [3.8, 4) is 5.75 Å². The molecule has 3 nitrogen and oxygen atoms in total. The lowest BCUT2D eigenvalue weighted by Crippen LogP contribution is -2.39. The van der Waals surface area contributed by atoms with Crippen LogP contribution in [0.2, 0.25) is 0 Å². The van der Waals surface area contributed by atoms with E-state index in [9.17, 15) is 0 Å². The second kappa shape index (κ2) is 5.97. The molecular weight excluding hydrogens is 224 g/mol. The number of hydrogen-bond donors (Lipinski definition) is 1. The molecule has 0 amide bonds. The summed E-state index contributed by atoms with van der Waals surface area (Å²) in [4.78, 5) is 2.38.